The van der Waals surface area contributed by atoms with Gasteiger partial charge in [0.1, 0.15) is 12.2 Å². The van der Waals surface area contributed by atoms with Crippen molar-refractivity contribution in [1.82, 2.24) is 25.3 Å². The van der Waals surface area contributed by atoms with E-state index in [0.717, 1.165) is 5.69 Å². The Balaban J connectivity index is 1.93. The van der Waals surface area contributed by atoms with Gasteiger partial charge in [-0.1, -0.05) is 5.21 Å². The molecule has 8 heteroatoms. The first kappa shape index (κ1) is 13.7. The number of carbonyl (C=O) groups excluding carboxylic acids is 1. The molecule has 0 saturated carbocycles. The van der Waals surface area contributed by atoms with Gasteiger partial charge < -0.3 is 10.4 Å². The molecule has 0 saturated heterocycles. The fraction of sp³-hybridized carbons (Fsp3) is 0.250. The molecule has 0 aliphatic rings. The van der Waals surface area contributed by atoms with Gasteiger partial charge in [-0.25, -0.2) is 4.68 Å². The molecule has 0 bridgehead atoms. The third-order valence-corrected chi connectivity index (χ3v) is 2.47. The lowest BCUT2D eigenvalue weighted by molar-refractivity contribution is -0.137. The third-order valence-electron chi connectivity index (χ3n) is 2.47. The summed E-state index contributed by atoms with van der Waals surface area (Å²) in [6.45, 7) is 1.72. The molecule has 2 rings (SSSR count). The fourth-order valence-corrected chi connectivity index (χ4v) is 1.60. The number of pyridine rings is 1. The van der Waals surface area contributed by atoms with Gasteiger partial charge >= 0.3 is 5.97 Å². The van der Waals surface area contributed by atoms with Crippen molar-refractivity contribution in [1.29, 1.82) is 0 Å². The molecule has 2 aromatic rings. The average Bonchev–Trinajstić information content (AvgIpc) is 2.82. The summed E-state index contributed by atoms with van der Waals surface area (Å²) < 4.78 is 1.19. The molecule has 0 aliphatic carbocycles. The minimum atomic E-state index is -1.00. The van der Waals surface area contributed by atoms with Crippen LogP contribution in [0, 0.1) is 6.92 Å². The number of hydrogen-bond acceptors (Lipinski definition) is 5. The SMILES string of the molecule is Cc1cc(C(=O)NCc2cn(CC(=O)O)nn2)ccn1. The molecule has 0 fully saturated rings. The monoisotopic (exact) mass is 275 g/mol. The Bertz CT molecular complexity index is 638. The van der Waals surface area contributed by atoms with Crippen LogP contribution >= 0.6 is 0 Å². The number of hydrogen-bond donors (Lipinski definition) is 2. The number of carbonyl (C=O) groups is 2. The molecule has 104 valence electrons. The predicted octanol–water partition coefficient (Wildman–Crippen LogP) is -0.00388. The van der Waals surface area contributed by atoms with Gasteiger partial charge in [-0.15, -0.1) is 5.10 Å². The second kappa shape index (κ2) is 5.91. The Morgan fingerprint density at radius 3 is 2.95 bits per heavy atom. The van der Waals surface area contributed by atoms with Crippen LogP contribution in [0.2, 0.25) is 0 Å². The van der Waals surface area contributed by atoms with Crippen molar-refractivity contribution in [2.45, 2.75) is 20.0 Å². The molecule has 0 aromatic carbocycles. The lowest BCUT2D eigenvalue weighted by atomic mass is 10.2. The van der Waals surface area contributed by atoms with Crippen LogP contribution in [0.15, 0.2) is 24.5 Å². The van der Waals surface area contributed by atoms with Gasteiger partial charge in [0, 0.05) is 17.5 Å². The van der Waals surface area contributed by atoms with Crippen LogP contribution in [0.5, 0.6) is 0 Å². The Kier molecular flexibility index (Phi) is 4.04. The average molecular weight is 275 g/mol. The van der Waals surface area contributed by atoms with Crippen molar-refractivity contribution in [2.75, 3.05) is 0 Å². The van der Waals surface area contributed by atoms with Gasteiger partial charge in [0.05, 0.1) is 12.7 Å². The van der Waals surface area contributed by atoms with Gasteiger partial charge in [0.2, 0.25) is 0 Å². The Hall–Kier alpha value is -2.77. The van der Waals surface area contributed by atoms with E-state index in [1.807, 2.05) is 0 Å². The lowest BCUT2D eigenvalue weighted by Crippen LogP contribution is -2.23. The summed E-state index contributed by atoms with van der Waals surface area (Å²) >= 11 is 0. The molecule has 2 N–H and O–H groups in total. The topological polar surface area (TPSA) is 110 Å². The second-order valence-corrected chi connectivity index (χ2v) is 4.17. The van der Waals surface area contributed by atoms with Gasteiger partial charge in [0.25, 0.3) is 5.91 Å². The first-order valence-corrected chi connectivity index (χ1v) is 5.86. The van der Waals surface area contributed by atoms with E-state index in [4.69, 9.17) is 5.11 Å². The zero-order chi connectivity index (χ0) is 14.5. The minimum absolute atomic E-state index is 0.180. The van der Waals surface area contributed by atoms with Crippen molar-refractivity contribution < 1.29 is 14.7 Å². The molecule has 20 heavy (non-hydrogen) atoms. The maximum Gasteiger partial charge on any atom is 0.325 e. The largest absolute Gasteiger partial charge is 0.480 e. The number of aryl methyl sites for hydroxylation is 1. The Morgan fingerprint density at radius 1 is 1.45 bits per heavy atom. The highest BCUT2D eigenvalue weighted by atomic mass is 16.4. The Morgan fingerprint density at radius 2 is 2.25 bits per heavy atom. The van der Waals surface area contributed by atoms with Crippen molar-refractivity contribution in [3.05, 3.63) is 41.5 Å². The minimum Gasteiger partial charge on any atom is -0.480 e. The van der Waals surface area contributed by atoms with Crippen molar-refractivity contribution in [2.24, 2.45) is 0 Å². The molecule has 1 amide bonds. The molecule has 2 aromatic heterocycles. The molecule has 0 radical (unpaired) electrons. The highest BCUT2D eigenvalue weighted by molar-refractivity contribution is 5.94. The van der Waals surface area contributed by atoms with Crippen LogP contribution in [-0.4, -0.2) is 37.0 Å². The summed E-state index contributed by atoms with van der Waals surface area (Å²) in [5.41, 5.74) is 1.76. The second-order valence-electron chi connectivity index (χ2n) is 4.17. The summed E-state index contributed by atoms with van der Waals surface area (Å²) in [5.74, 6) is -1.25. The standard InChI is InChI=1S/C12H13N5O3/c1-8-4-9(2-3-13-8)12(20)14-5-10-6-17(16-15-10)7-11(18)19/h2-4,6H,5,7H2,1H3,(H,14,20)(H,18,19). The van der Waals surface area contributed by atoms with Crippen LogP contribution < -0.4 is 5.32 Å². The van der Waals surface area contributed by atoms with Crippen LogP contribution in [0.4, 0.5) is 0 Å². The number of amides is 1. The van der Waals surface area contributed by atoms with Gasteiger partial charge in [-0.05, 0) is 19.1 Å². The van der Waals surface area contributed by atoms with E-state index >= 15 is 0 Å². The molecular formula is C12H13N5O3. The van der Waals surface area contributed by atoms with E-state index < -0.39 is 5.97 Å². The summed E-state index contributed by atoms with van der Waals surface area (Å²) in [4.78, 5) is 26.4. The predicted molar refractivity (Wildman–Crippen MR) is 67.8 cm³/mol. The molecule has 2 heterocycles. The molecule has 0 spiro atoms. The lowest BCUT2D eigenvalue weighted by Gasteiger charge is -2.03. The van der Waals surface area contributed by atoms with Gasteiger partial charge in [-0.2, -0.15) is 0 Å². The normalized spacial score (nSPS) is 10.2. The summed E-state index contributed by atoms with van der Waals surface area (Å²) in [6, 6.07) is 3.29. The fourth-order valence-electron chi connectivity index (χ4n) is 1.60. The van der Waals surface area contributed by atoms with Crippen LogP contribution in [-0.2, 0) is 17.9 Å². The third kappa shape index (κ3) is 3.61. The van der Waals surface area contributed by atoms with E-state index in [9.17, 15) is 9.59 Å². The molecule has 0 unspecified atom stereocenters. The zero-order valence-corrected chi connectivity index (χ0v) is 10.8. The van der Waals surface area contributed by atoms with Crippen LogP contribution in [0.1, 0.15) is 21.7 Å². The van der Waals surface area contributed by atoms with Crippen molar-refractivity contribution in [3.63, 3.8) is 0 Å². The van der Waals surface area contributed by atoms with E-state index in [0.29, 0.717) is 11.3 Å². The molecule has 8 nitrogen and oxygen atoms in total. The number of aliphatic carboxylic acids is 1. The number of rotatable bonds is 5. The maximum absolute atomic E-state index is 11.9. The zero-order valence-electron chi connectivity index (χ0n) is 10.8. The first-order valence-electron chi connectivity index (χ1n) is 5.86. The first-order chi connectivity index (χ1) is 9.54. The number of aromatic nitrogens is 4. The van der Waals surface area contributed by atoms with Crippen LogP contribution in [0.3, 0.4) is 0 Å². The van der Waals surface area contributed by atoms with E-state index in [2.05, 4.69) is 20.6 Å². The number of carboxylic acid groups (broad SMARTS) is 1. The summed E-state index contributed by atoms with van der Waals surface area (Å²) in [5, 5.41) is 18.7. The smallest absolute Gasteiger partial charge is 0.325 e. The van der Waals surface area contributed by atoms with Gasteiger partial charge in [0.15, 0.2) is 0 Å². The maximum atomic E-state index is 11.9. The quantitative estimate of drug-likeness (QED) is 0.794. The van der Waals surface area contributed by atoms with Gasteiger partial charge in [-0.3, -0.25) is 14.6 Å². The Labute approximate surface area is 114 Å². The molecule has 0 aliphatic heterocycles. The number of nitrogens with zero attached hydrogens (tertiary/aromatic N) is 4. The van der Waals surface area contributed by atoms with Crippen molar-refractivity contribution in [3.8, 4) is 0 Å². The van der Waals surface area contributed by atoms with E-state index in [1.54, 1.807) is 25.3 Å². The van der Waals surface area contributed by atoms with Crippen LogP contribution in [0.25, 0.3) is 0 Å². The van der Waals surface area contributed by atoms with E-state index in [1.165, 1.54) is 10.9 Å². The highest BCUT2D eigenvalue weighted by Crippen LogP contribution is 2.01. The molecular weight excluding hydrogens is 262 g/mol. The summed E-state index contributed by atoms with van der Waals surface area (Å²) in [7, 11) is 0. The molecule has 0 atom stereocenters. The number of carboxylic acids is 1. The summed E-state index contributed by atoms with van der Waals surface area (Å²) in [6.07, 6.45) is 3.04. The van der Waals surface area contributed by atoms with Crippen molar-refractivity contribution >= 4 is 11.9 Å². The number of nitrogens with one attached hydrogen (secondary N) is 1. The highest BCUT2D eigenvalue weighted by Gasteiger charge is 2.08. The van der Waals surface area contributed by atoms with E-state index in [-0.39, 0.29) is 19.0 Å².